The quantitative estimate of drug-likeness (QED) is 0.377. The predicted molar refractivity (Wildman–Crippen MR) is 96.6 cm³/mol. The smallest absolute Gasteiger partial charge is 0.356 e. The third kappa shape index (κ3) is 3.52. The van der Waals surface area contributed by atoms with Crippen molar-refractivity contribution in [1.29, 1.82) is 0 Å². The van der Waals surface area contributed by atoms with Crippen LogP contribution < -0.4 is 10.6 Å². The zero-order chi connectivity index (χ0) is 21.1. The van der Waals surface area contributed by atoms with Crippen LogP contribution in [0.4, 0.5) is 16.6 Å². The molecule has 12 heteroatoms. The third-order valence-corrected chi connectivity index (χ3v) is 4.92. The Morgan fingerprint density at radius 3 is 2.32 bits per heavy atom. The van der Waals surface area contributed by atoms with Gasteiger partial charge in [-0.25, -0.2) is 14.6 Å². The lowest BCUT2D eigenvalue weighted by Gasteiger charge is -2.40. The minimum atomic E-state index is -0.826. The summed E-state index contributed by atoms with van der Waals surface area (Å²) in [7, 11) is 4.40. The van der Waals surface area contributed by atoms with Crippen LogP contribution in [0, 0.1) is 0 Å². The maximum atomic E-state index is 12.5. The number of urea groups is 1. The maximum absolute atomic E-state index is 12.5. The Labute approximate surface area is 160 Å². The molecule has 12 nitrogen and oxygen atoms in total. The molecule has 2 fully saturated rings. The van der Waals surface area contributed by atoms with E-state index in [4.69, 9.17) is 15.6 Å². The molecular weight excluding hydrogens is 372 g/mol. The summed E-state index contributed by atoms with van der Waals surface area (Å²) in [4.78, 5) is 57.5. The first-order chi connectivity index (χ1) is 13.2. The van der Waals surface area contributed by atoms with E-state index in [2.05, 4.69) is 14.7 Å². The van der Waals surface area contributed by atoms with Crippen LogP contribution in [0.2, 0.25) is 0 Å². The Bertz CT molecular complexity index is 792. The number of esters is 1. The van der Waals surface area contributed by atoms with Crippen molar-refractivity contribution in [3.8, 4) is 0 Å². The number of amides is 3. The van der Waals surface area contributed by atoms with Gasteiger partial charge in [0.25, 0.3) is 12.4 Å². The highest BCUT2D eigenvalue weighted by atomic mass is 16.5. The monoisotopic (exact) mass is 394 g/mol. The molecule has 28 heavy (non-hydrogen) atoms. The number of methoxy groups -OCH3 is 1. The standard InChI is InChI=1S/C15H20N6O4.CH2O2/c1-19-12(23)15(20(2)14(19)24)4-6-21(7-5-15)13-17-9(11(22)25-3)8-10(16)18-13;2-1-3/h8H,4-7H2,1-3H3,(H2,16,17,18);1H,(H,2,3). The molecule has 3 amide bonds. The number of carbonyl (C=O) groups excluding carboxylic acids is 3. The summed E-state index contributed by atoms with van der Waals surface area (Å²) < 4.78 is 4.66. The van der Waals surface area contributed by atoms with Crippen LogP contribution in [-0.2, 0) is 14.3 Å². The number of anilines is 2. The molecule has 3 rings (SSSR count). The molecule has 2 aliphatic heterocycles. The van der Waals surface area contributed by atoms with Gasteiger partial charge in [0.05, 0.1) is 7.11 Å². The fourth-order valence-corrected chi connectivity index (χ4v) is 3.38. The van der Waals surface area contributed by atoms with Gasteiger partial charge in [-0.05, 0) is 12.8 Å². The van der Waals surface area contributed by atoms with E-state index in [-0.39, 0.29) is 29.9 Å². The first-order valence-corrected chi connectivity index (χ1v) is 8.33. The van der Waals surface area contributed by atoms with E-state index >= 15 is 0 Å². The van der Waals surface area contributed by atoms with Gasteiger partial charge in [0.15, 0.2) is 5.69 Å². The van der Waals surface area contributed by atoms with Crippen molar-refractivity contribution in [2.24, 2.45) is 0 Å². The molecule has 0 saturated carbocycles. The van der Waals surface area contributed by atoms with Crippen molar-refractivity contribution in [3.05, 3.63) is 11.8 Å². The first kappa shape index (κ1) is 20.9. The van der Waals surface area contributed by atoms with Crippen LogP contribution in [0.1, 0.15) is 23.3 Å². The van der Waals surface area contributed by atoms with Crippen LogP contribution in [0.25, 0.3) is 0 Å². The summed E-state index contributed by atoms with van der Waals surface area (Å²) in [5.74, 6) is -0.317. The van der Waals surface area contributed by atoms with Gasteiger partial charge < -0.3 is 25.4 Å². The summed E-state index contributed by atoms with van der Waals surface area (Å²) in [6.07, 6.45) is 0.897. The Balaban J connectivity index is 0.000000878. The molecule has 2 aliphatic rings. The largest absolute Gasteiger partial charge is 0.483 e. The zero-order valence-electron chi connectivity index (χ0n) is 15.8. The number of piperidine rings is 1. The van der Waals surface area contributed by atoms with Crippen molar-refractivity contribution in [1.82, 2.24) is 19.8 Å². The fraction of sp³-hybridized carbons (Fsp3) is 0.500. The van der Waals surface area contributed by atoms with Crippen LogP contribution in [0.15, 0.2) is 6.07 Å². The van der Waals surface area contributed by atoms with Crippen molar-refractivity contribution in [2.75, 3.05) is 44.9 Å². The summed E-state index contributed by atoms with van der Waals surface area (Å²) in [6.45, 7) is 0.669. The number of nitrogens with zero attached hydrogens (tertiary/aromatic N) is 5. The van der Waals surface area contributed by atoms with E-state index in [1.54, 1.807) is 7.05 Å². The molecule has 0 bridgehead atoms. The molecule has 0 atom stereocenters. The van der Waals surface area contributed by atoms with Crippen LogP contribution in [0.5, 0.6) is 0 Å². The molecule has 152 valence electrons. The number of hydrogen-bond acceptors (Lipinski definition) is 9. The summed E-state index contributed by atoms with van der Waals surface area (Å²) >= 11 is 0. The minimum Gasteiger partial charge on any atom is -0.483 e. The highest BCUT2D eigenvalue weighted by molar-refractivity contribution is 6.06. The number of imide groups is 1. The summed E-state index contributed by atoms with van der Waals surface area (Å²) in [6, 6.07) is 1.05. The maximum Gasteiger partial charge on any atom is 0.356 e. The SMILES string of the molecule is COC(=O)c1cc(N)nc(N2CCC3(CC2)C(=O)N(C)C(=O)N3C)n1.O=CO. The molecular formula is C16H22N6O6. The molecule has 0 radical (unpaired) electrons. The highest BCUT2D eigenvalue weighted by Crippen LogP contribution is 2.36. The van der Waals surface area contributed by atoms with Crippen LogP contribution in [0.3, 0.4) is 0 Å². The number of hydrogen-bond donors (Lipinski definition) is 2. The normalized spacial score (nSPS) is 18.0. The number of carboxylic acid groups (broad SMARTS) is 1. The number of aromatic nitrogens is 2. The second kappa shape index (κ2) is 8.06. The van der Waals surface area contributed by atoms with Gasteiger partial charge >= 0.3 is 12.0 Å². The number of likely N-dealkylation sites (N-methyl/N-ethyl adjacent to an activating group) is 2. The second-order valence-electron chi connectivity index (χ2n) is 6.30. The molecule has 0 aliphatic carbocycles. The van der Waals surface area contributed by atoms with Crippen LogP contribution in [-0.4, -0.2) is 89.1 Å². The van der Waals surface area contributed by atoms with Crippen LogP contribution >= 0.6 is 0 Å². The summed E-state index contributed by atoms with van der Waals surface area (Å²) in [5, 5.41) is 6.89. The average molecular weight is 394 g/mol. The molecule has 1 aromatic rings. The molecule has 1 aromatic heterocycles. The number of ether oxygens (including phenoxy) is 1. The molecule has 1 spiro atoms. The first-order valence-electron chi connectivity index (χ1n) is 8.33. The number of rotatable bonds is 2. The molecule has 0 unspecified atom stereocenters. The Morgan fingerprint density at radius 2 is 1.86 bits per heavy atom. The average Bonchev–Trinajstić information content (AvgIpc) is 2.84. The van der Waals surface area contributed by atoms with Crippen molar-refractivity contribution in [3.63, 3.8) is 0 Å². The minimum absolute atomic E-state index is 0.0780. The molecule has 0 aromatic carbocycles. The zero-order valence-corrected chi connectivity index (χ0v) is 15.8. The van der Waals surface area contributed by atoms with E-state index in [1.165, 1.54) is 25.1 Å². The lowest BCUT2D eigenvalue weighted by atomic mass is 9.86. The van der Waals surface area contributed by atoms with Gasteiger partial charge in [0.2, 0.25) is 5.95 Å². The van der Waals surface area contributed by atoms with E-state index in [1.807, 2.05) is 4.90 Å². The van der Waals surface area contributed by atoms with Crippen molar-refractivity contribution < 1.29 is 29.0 Å². The van der Waals surface area contributed by atoms with E-state index in [9.17, 15) is 14.4 Å². The van der Waals surface area contributed by atoms with Gasteiger partial charge in [0.1, 0.15) is 11.4 Å². The predicted octanol–water partition coefficient (Wildman–Crippen LogP) is -0.591. The Kier molecular flexibility index (Phi) is 6.01. The number of nitrogens with two attached hydrogens (primary N) is 1. The fourth-order valence-electron chi connectivity index (χ4n) is 3.38. The lowest BCUT2D eigenvalue weighted by molar-refractivity contribution is -0.133. The van der Waals surface area contributed by atoms with Crippen molar-refractivity contribution >= 4 is 36.1 Å². The summed E-state index contributed by atoms with van der Waals surface area (Å²) in [5.41, 5.74) is 5.01. The van der Waals surface area contributed by atoms with Gasteiger partial charge in [-0.3, -0.25) is 14.5 Å². The van der Waals surface area contributed by atoms with E-state index in [0.29, 0.717) is 31.9 Å². The Morgan fingerprint density at radius 1 is 1.29 bits per heavy atom. The van der Waals surface area contributed by atoms with Gasteiger partial charge in [0, 0.05) is 33.3 Å². The highest BCUT2D eigenvalue weighted by Gasteiger charge is 2.55. The van der Waals surface area contributed by atoms with E-state index in [0.717, 1.165) is 4.90 Å². The number of carbonyl (C=O) groups is 4. The van der Waals surface area contributed by atoms with Gasteiger partial charge in [-0.1, -0.05) is 0 Å². The Hall–Kier alpha value is -3.44. The van der Waals surface area contributed by atoms with Gasteiger partial charge in [-0.2, -0.15) is 4.98 Å². The third-order valence-electron chi connectivity index (χ3n) is 4.92. The molecule has 2 saturated heterocycles. The number of nitrogen functional groups attached to an aromatic ring is 1. The lowest BCUT2D eigenvalue weighted by Crippen LogP contribution is -2.55. The topological polar surface area (TPSA) is 159 Å². The second-order valence-corrected chi connectivity index (χ2v) is 6.30. The van der Waals surface area contributed by atoms with Gasteiger partial charge in [-0.15, -0.1) is 0 Å². The van der Waals surface area contributed by atoms with Crippen molar-refractivity contribution in [2.45, 2.75) is 18.4 Å². The molecule has 3 N–H and O–H groups in total. The molecule has 3 heterocycles. The van der Waals surface area contributed by atoms with E-state index < -0.39 is 11.5 Å².